The molecule has 0 spiro atoms. The Kier molecular flexibility index (Phi) is 6.79. The minimum Gasteiger partial charge on any atom is -0.355 e. The number of carbonyl (C=O) groups is 2. The summed E-state index contributed by atoms with van der Waals surface area (Å²) in [7, 11) is 3.13. The predicted molar refractivity (Wildman–Crippen MR) is 110 cm³/mol. The highest BCUT2D eigenvalue weighted by Crippen LogP contribution is 2.23. The van der Waals surface area contributed by atoms with Gasteiger partial charge in [0.2, 0.25) is 0 Å². The van der Waals surface area contributed by atoms with Crippen LogP contribution in [0.5, 0.6) is 0 Å². The monoisotopic (exact) mass is 398 g/mol. The molecular weight excluding hydrogens is 379 g/mol. The summed E-state index contributed by atoms with van der Waals surface area (Å²) >= 11 is 5.51. The summed E-state index contributed by atoms with van der Waals surface area (Å²) in [6, 6.07) is 11.4. The van der Waals surface area contributed by atoms with Gasteiger partial charge in [-0.15, -0.1) is 0 Å². The number of hydrogen-bond acceptors (Lipinski definition) is 4. The van der Waals surface area contributed by atoms with E-state index in [4.69, 9.17) is 17.5 Å². The molecule has 1 N–H and O–H groups in total. The molecule has 0 aliphatic heterocycles. The summed E-state index contributed by atoms with van der Waals surface area (Å²) in [4.78, 5) is 26.0. The molecule has 0 saturated heterocycles. The molecule has 0 aromatic heterocycles. The van der Waals surface area contributed by atoms with Crippen molar-refractivity contribution in [2.24, 2.45) is 0 Å². The van der Waals surface area contributed by atoms with E-state index in [2.05, 4.69) is 11.4 Å². The molecule has 2 rings (SSSR count). The molecule has 144 valence electrons. The van der Waals surface area contributed by atoms with Crippen LogP contribution in [0.25, 0.3) is 0 Å². The van der Waals surface area contributed by atoms with E-state index in [1.807, 2.05) is 6.92 Å². The van der Waals surface area contributed by atoms with Crippen molar-refractivity contribution >= 4 is 40.9 Å². The van der Waals surface area contributed by atoms with E-state index < -0.39 is 11.7 Å². The van der Waals surface area contributed by atoms with E-state index in [9.17, 15) is 14.0 Å². The Balaban J connectivity index is 2.37. The van der Waals surface area contributed by atoms with E-state index in [0.29, 0.717) is 17.5 Å². The second-order valence-corrected chi connectivity index (χ2v) is 6.34. The van der Waals surface area contributed by atoms with Crippen LogP contribution in [0.1, 0.15) is 21.5 Å². The lowest BCUT2D eigenvalue weighted by atomic mass is 10.1. The van der Waals surface area contributed by atoms with Crippen LogP contribution in [0.4, 0.5) is 15.8 Å². The number of hydrogen-bond donors (Lipinski definition) is 1. The highest BCUT2D eigenvalue weighted by atomic mass is 32.1. The average molecular weight is 398 g/mol. The van der Waals surface area contributed by atoms with E-state index in [1.165, 1.54) is 24.1 Å². The Hall–Kier alpha value is -3.31. The first-order chi connectivity index (χ1) is 13.3. The van der Waals surface area contributed by atoms with Gasteiger partial charge in [0, 0.05) is 25.5 Å². The zero-order valence-electron chi connectivity index (χ0n) is 15.7. The van der Waals surface area contributed by atoms with Crippen molar-refractivity contribution in [1.82, 2.24) is 5.32 Å². The van der Waals surface area contributed by atoms with Gasteiger partial charge in [-0.2, -0.15) is 5.26 Å². The second kappa shape index (κ2) is 9.06. The van der Waals surface area contributed by atoms with Crippen LogP contribution in [0.2, 0.25) is 0 Å². The highest BCUT2D eigenvalue weighted by Gasteiger charge is 2.20. The van der Waals surface area contributed by atoms with Gasteiger partial charge in [-0.25, -0.2) is 4.39 Å². The smallest absolute Gasteiger partial charge is 0.253 e. The van der Waals surface area contributed by atoms with Crippen molar-refractivity contribution in [3.8, 4) is 6.07 Å². The van der Waals surface area contributed by atoms with Crippen LogP contribution in [-0.2, 0) is 4.79 Å². The van der Waals surface area contributed by atoms with Gasteiger partial charge in [0.15, 0.2) is 5.11 Å². The zero-order valence-corrected chi connectivity index (χ0v) is 16.5. The van der Waals surface area contributed by atoms with Crippen LogP contribution in [0, 0.1) is 24.1 Å². The summed E-state index contributed by atoms with van der Waals surface area (Å²) in [5, 5.41) is 11.7. The summed E-state index contributed by atoms with van der Waals surface area (Å²) in [5.41, 5.74) is 2.32. The molecule has 0 heterocycles. The van der Waals surface area contributed by atoms with Gasteiger partial charge in [0.1, 0.15) is 12.1 Å². The van der Waals surface area contributed by atoms with Crippen LogP contribution in [0.15, 0.2) is 36.4 Å². The number of nitrogens with one attached hydrogen (secondary N) is 1. The standard InChI is InChI=1S/C20H19FN4O2S/c1-13-10-15(5-4-14(13)12-22)24(3)20(28)25(8-9-26)16-6-7-17(18(21)11-16)19(27)23-2/h4-7,9-11H,8H2,1-3H3,(H,23,27). The number of amides is 1. The molecule has 0 saturated carbocycles. The lowest BCUT2D eigenvalue weighted by molar-refractivity contribution is -0.106. The van der Waals surface area contributed by atoms with Crippen molar-refractivity contribution in [2.45, 2.75) is 6.92 Å². The van der Waals surface area contributed by atoms with E-state index in [-0.39, 0.29) is 17.2 Å². The predicted octanol–water partition coefficient (Wildman–Crippen LogP) is 2.79. The third-order valence-electron chi connectivity index (χ3n) is 4.23. The molecule has 0 radical (unpaired) electrons. The summed E-state index contributed by atoms with van der Waals surface area (Å²) in [6.07, 6.45) is 0.661. The number of anilines is 2. The molecule has 0 fully saturated rings. The number of halogens is 1. The molecule has 6 nitrogen and oxygen atoms in total. The first kappa shape index (κ1) is 21.0. The molecule has 1 amide bonds. The third kappa shape index (κ3) is 4.32. The van der Waals surface area contributed by atoms with Crippen LogP contribution >= 0.6 is 12.2 Å². The van der Waals surface area contributed by atoms with Crippen molar-refractivity contribution < 1.29 is 14.0 Å². The number of thiocarbonyl (C=S) groups is 1. The van der Waals surface area contributed by atoms with Gasteiger partial charge in [-0.3, -0.25) is 4.79 Å². The van der Waals surface area contributed by atoms with Crippen LogP contribution < -0.4 is 15.1 Å². The van der Waals surface area contributed by atoms with Gasteiger partial charge >= 0.3 is 0 Å². The Morgan fingerprint density at radius 1 is 1.29 bits per heavy atom. The number of benzene rings is 2. The summed E-state index contributed by atoms with van der Waals surface area (Å²) in [6.45, 7) is 1.73. The maximum Gasteiger partial charge on any atom is 0.253 e. The quantitative estimate of drug-likeness (QED) is 0.617. The van der Waals surface area contributed by atoms with E-state index in [1.54, 1.807) is 30.1 Å². The molecular formula is C20H19FN4O2S. The van der Waals surface area contributed by atoms with Crippen LogP contribution in [-0.4, -0.2) is 37.9 Å². The number of nitrogens with zero attached hydrogens (tertiary/aromatic N) is 3. The summed E-state index contributed by atoms with van der Waals surface area (Å²) in [5.74, 6) is -1.26. The normalized spacial score (nSPS) is 9.96. The zero-order chi connectivity index (χ0) is 20.8. The lowest BCUT2D eigenvalue weighted by Gasteiger charge is -2.30. The third-order valence-corrected chi connectivity index (χ3v) is 4.72. The lowest BCUT2D eigenvalue weighted by Crippen LogP contribution is -2.42. The van der Waals surface area contributed by atoms with Gasteiger partial charge in [0.25, 0.3) is 5.91 Å². The number of aryl methyl sites for hydroxylation is 1. The van der Waals surface area contributed by atoms with E-state index >= 15 is 0 Å². The van der Waals surface area contributed by atoms with Crippen molar-refractivity contribution in [1.29, 1.82) is 5.26 Å². The molecule has 0 bridgehead atoms. The Labute approximate surface area is 168 Å². The molecule has 0 unspecified atom stereocenters. The maximum absolute atomic E-state index is 14.3. The van der Waals surface area contributed by atoms with Crippen molar-refractivity contribution in [3.63, 3.8) is 0 Å². The number of aldehydes is 1. The Morgan fingerprint density at radius 2 is 1.96 bits per heavy atom. The molecule has 0 aliphatic rings. The Bertz CT molecular complexity index is 971. The average Bonchev–Trinajstić information content (AvgIpc) is 2.70. The topological polar surface area (TPSA) is 76.4 Å². The largest absolute Gasteiger partial charge is 0.355 e. The second-order valence-electron chi connectivity index (χ2n) is 5.97. The molecule has 0 atom stereocenters. The first-order valence-corrected chi connectivity index (χ1v) is 8.76. The van der Waals surface area contributed by atoms with Crippen LogP contribution in [0.3, 0.4) is 0 Å². The van der Waals surface area contributed by atoms with Gasteiger partial charge in [0.05, 0.1) is 23.7 Å². The molecule has 2 aromatic rings. The van der Waals surface area contributed by atoms with Gasteiger partial charge in [-0.05, 0) is 61.1 Å². The minimum atomic E-state index is -0.715. The van der Waals surface area contributed by atoms with Gasteiger partial charge < -0.3 is 19.9 Å². The molecule has 8 heteroatoms. The maximum atomic E-state index is 14.3. The Morgan fingerprint density at radius 3 is 2.50 bits per heavy atom. The van der Waals surface area contributed by atoms with Gasteiger partial charge in [-0.1, -0.05) is 0 Å². The molecule has 2 aromatic carbocycles. The number of carbonyl (C=O) groups excluding carboxylic acids is 2. The van der Waals surface area contributed by atoms with Crippen molar-refractivity contribution in [2.75, 3.05) is 30.4 Å². The first-order valence-electron chi connectivity index (χ1n) is 8.35. The fourth-order valence-electron chi connectivity index (χ4n) is 2.63. The molecule has 28 heavy (non-hydrogen) atoms. The van der Waals surface area contributed by atoms with E-state index in [0.717, 1.165) is 17.3 Å². The molecule has 0 aliphatic carbocycles. The minimum absolute atomic E-state index is 0.0861. The highest BCUT2D eigenvalue weighted by molar-refractivity contribution is 7.80. The fraction of sp³-hybridized carbons (Fsp3) is 0.200. The fourth-order valence-corrected chi connectivity index (χ4v) is 2.92. The van der Waals surface area contributed by atoms with Crippen molar-refractivity contribution in [3.05, 3.63) is 58.9 Å². The number of rotatable bonds is 5. The number of nitriles is 1. The SMILES string of the molecule is CNC(=O)c1ccc(N(CC=O)C(=S)N(C)c2ccc(C#N)c(C)c2)cc1F. The summed E-state index contributed by atoms with van der Waals surface area (Å²) < 4.78 is 14.3.